The lowest BCUT2D eigenvalue weighted by Crippen LogP contribution is -2.37. The fraction of sp³-hybridized carbons (Fsp3) is 0.154. The number of pyridine rings is 2. The predicted octanol–water partition coefficient (Wildman–Crippen LogP) is 3.94. The van der Waals surface area contributed by atoms with Crippen LogP contribution >= 0.6 is 12.2 Å². The Hall–Kier alpha value is -4.04. The second kappa shape index (κ2) is 9.84. The lowest BCUT2D eigenvalue weighted by atomic mass is 10.0. The van der Waals surface area contributed by atoms with Crippen LogP contribution in [0.15, 0.2) is 97.6 Å². The molecule has 2 N–H and O–H groups in total. The summed E-state index contributed by atoms with van der Waals surface area (Å²) in [6.45, 7) is 0.783. The van der Waals surface area contributed by atoms with E-state index in [9.17, 15) is 4.79 Å². The van der Waals surface area contributed by atoms with Crippen molar-refractivity contribution in [1.29, 1.82) is 0 Å². The molecule has 2 atom stereocenters. The molecule has 1 aliphatic rings. The van der Waals surface area contributed by atoms with Crippen LogP contribution in [-0.2, 0) is 11.3 Å². The fourth-order valence-electron chi connectivity index (χ4n) is 4.30. The van der Waals surface area contributed by atoms with Gasteiger partial charge in [0, 0.05) is 42.7 Å². The number of amides is 1. The van der Waals surface area contributed by atoms with E-state index in [-0.39, 0.29) is 24.5 Å². The van der Waals surface area contributed by atoms with Crippen molar-refractivity contribution in [2.75, 3.05) is 11.9 Å². The highest BCUT2D eigenvalue weighted by Crippen LogP contribution is 2.38. The van der Waals surface area contributed by atoms with E-state index >= 15 is 0 Å². The molecule has 4 aromatic rings. The first kappa shape index (κ1) is 21.8. The molecule has 5 rings (SSSR count). The average Bonchev–Trinajstić information content (AvgIpc) is 3.44. The van der Waals surface area contributed by atoms with Gasteiger partial charge in [-0.1, -0.05) is 30.3 Å². The molecule has 7 nitrogen and oxygen atoms in total. The quantitative estimate of drug-likeness (QED) is 0.400. The van der Waals surface area contributed by atoms with E-state index in [0.29, 0.717) is 11.7 Å². The van der Waals surface area contributed by atoms with Gasteiger partial charge < -0.3 is 20.1 Å². The molecule has 1 amide bonds. The van der Waals surface area contributed by atoms with Crippen LogP contribution in [0.5, 0.6) is 0 Å². The Labute approximate surface area is 203 Å². The summed E-state index contributed by atoms with van der Waals surface area (Å²) in [5, 5.41) is 6.90. The van der Waals surface area contributed by atoms with Crippen LogP contribution in [0.2, 0.25) is 0 Å². The van der Waals surface area contributed by atoms with E-state index < -0.39 is 0 Å². The topological polar surface area (TPSA) is 75.1 Å². The van der Waals surface area contributed by atoms with E-state index in [1.807, 2.05) is 78.0 Å². The van der Waals surface area contributed by atoms with Crippen LogP contribution in [0.1, 0.15) is 29.0 Å². The summed E-state index contributed by atoms with van der Waals surface area (Å²) >= 11 is 5.71. The zero-order valence-electron chi connectivity index (χ0n) is 18.4. The van der Waals surface area contributed by atoms with Crippen LogP contribution in [0.3, 0.4) is 0 Å². The van der Waals surface area contributed by atoms with Gasteiger partial charge in [0.15, 0.2) is 5.11 Å². The summed E-state index contributed by atoms with van der Waals surface area (Å²) in [5.74, 6) is -0.132. The van der Waals surface area contributed by atoms with E-state index in [1.54, 1.807) is 12.4 Å². The Kier molecular flexibility index (Phi) is 6.31. The van der Waals surface area contributed by atoms with Crippen molar-refractivity contribution < 1.29 is 4.79 Å². The molecule has 0 saturated carbocycles. The van der Waals surface area contributed by atoms with Gasteiger partial charge in [-0.25, -0.2) is 0 Å². The molecule has 1 aliphatic heterocycles. The molecule has 34 heavy (non-hydrogen) atoms. The molecule has 4 heterocycles. The van der Waals surface area contributed by atoms with Gasteiger partial charge in [0.1, 0.15) is 6.54 Å². The minimum atomic E-state index is -0.212. The zero-order chi connectivity index (χ0) is 23.3. The van der Waals surface area contributed by atoms with Crippen molar-refractivity contribution >= 4 is 28.9 Å². The summed E-state index contributed by atoms with van der Waals surface area (Å²) in [7, 11) is 0. The molecule has 0 aliphatic carbocycles. The normalized spacial score (nSPS) is 17.4. The summed E-state index contributed by atoms with van der Waals surface area (Å²) < 4.78 is 2.18. The maximum atomic E-state index is 13.0. The first-order valence-corrected chi connectivity index (χ1v) is 11.5. The van der Waals surface area contributed by atoms with Gasteiger partial charge in [0.25, 0.3) is 0 Å². The van der Waals surface area contributed by atoms with Crippen LogP contribution in [0, 0.1) is 0 Å². The fourth-order valence-corrected chi connectivity index (χ4v) is 4.61. The molecule has 3 aromatic heterocycles. The number of carbonyl (C=O) groups excluding carboxylic acids is 1. The first-order valence-electron chi connectivity index (χ1n) is 11.1. The molecule has 8 heteroatoms. The second-order valence-electron chi connectivity index (χ2n) is 8.09. The number of para-hydroxylation sites is 1. The first-order chi connectivity index (χ1) is 16.7. The maximum absolute atomic E-state index is 13.0. The summed E-state index contributed by atoms with van der Waals surface area (Å²) in [4.78, 5) is 23.7. The smallest absolute Gasteiger partial charge is 0.244 e. The number of anilines is 1. The number of nitrogens with zero attached hydrogens (tertiary/aromatic N) is 4. The van der Waals surface area contributed by atoms with Crippen LogP contribution in [-0.4, -0.2) is 37.0 Å². The number of hydrogen-bond donors (Lipinski definition) is 2. The van der Waals surface area contributed by atoms with Gasteiger partial charge in [-0.2, -0.15) is 0 Å². The molecule has 1 saturated heterocycles. The minimum absolute atomic E-state index is 0.118. The van der Waals surface area contributed by atoms with Crippen molar-refractivity contribution in [2.45, 2.75) is 18.6 Å². The second-order valence-corrected chi connectivity index (χ2v) is 8.48. The summed E-state index contributed by atoms with van der Waals surface area (Å²) in [6.07, 6.45) is 7.45. The summed E-state index contributed by atoms with van der Waals surface area (Å²) in [5.41, 5.74) is 3.76. The third-order valence-corrected chi connectivity index (χ3v) is 6.17. The Balaban J connectivity index is 1.47. The van der Waals surface area contributed by atoms with Crippen molar-refractivity contribution in [2.24, 2.45) is 0 Å². The van der Waals surface area contributed by atoms with Crippen LogP contribution in [0.4, 0.5) is 5.69 Å². The van der Waals surface area contributed by atoms with Crippen molar-refractivity contribution in [3.05, 3.63) is 115 Å². The van der Waals surface area contributed by atoms with E-state index in [2.05, 4.69) is 37.3 Å². The van der Waals surface area contributed by atoms with Crippen LogP contribution < -0.4 is 10.6 Å². The van der Waals surface area contributed by atoms with Gasteiger partial charge in [-0.3, -0.25) is 14.8 Å². The minimum Gasteiger partial charge on any atom is -0.352 e. The molecular formula is C26H24N6OS. The van der Waals surface area contributed by atoms with Crippen molar-refractivity contribution in [3.63, 3.8) is 0 Å². The number of nitrogens with one attached hydrogen (secondary N) is 2. The lowest BCUT2D eigenvalue weighted by molar-refractivity contribution is -0.116. The Bertz CT molecular complexity index is 1260. The number of benzene rings is 1. The number of thiocarbonyl (C=S) groups is 1. The molecule has 0 radical (unpaired) electrons. The maximum Gasteiger partial charge on any atom is 0.244 e. The van der Waals surface area contributed by atoms with Gasteiger partial charge in [-0.05, 0) is 60.2 Å². The number of carbonyl (C=O) groups is 1. The van der Waals surface area contributed by atoms with Crippen LogP contribution in [0.25, 0.3) is 0 Å². The number of aromatic nitrogens is 3. The highest BCUT2D eigenvalue weighted by atomic mass is 32.1. The molecule has 0 spiro atoms. The Morgan fingerprint density at radius 3 is 2.62 bits per heavy atom. The lowest BCUT2D eigenvalue weighted by Gasteiger charge is -2.28. The van der Waals surface area contributed by atoms with E-state index in [1.165, 1.54) is 0 Å². The molecule has 0 bridgehead atoms. The van der Waals surface area contributed by atoms with Crippen molar-refractivity contribution in [1.82, 2.24) is 24.8 Å². The Morgan fingerprint density at radius 1 is 1.00 bits per heavy atom. The SMILES string of the molecule is O=C(CN1C(=S)N[C@H](c2ccccn2)[C@H]1c1cccn1Cc1cccnc1)Nc1ccccc1. The average molecular weight is 469 g/mol. The van der Waals surface area contributed by atoms with Gasteiger partial charge in [-0.15, -0.1) is 0 Å². The predicted molar refractivity (Wildman–Crippen MR) is 135 cm³/mol. The highest BCUT2D eigenvalue weighted by Gasteiger charge is 2.41. The summed E-state index contributed by atoms with van der Waals surface area (Å²) in [6, 6.07) is 22.9. The highest BCUT2D eigenvalue weighted by molar-refractivity contribution is 7.80. The van der Waals surface area contributed by atoms with E-state index in [4.69, 9.17) is 12.2 Å². The van der Waals surface area contributed by atoms with E-state index in [0.717, 1.165) is 22.6 Å². The van der Waals surface area contributed by atoms with Gasteiger partial charge in [0.2, 0.25) is 5.91 Å². The molecular weight excluding hydrogens is 444 g/mol. The zero-order valence-corrected chi connectivity index (χ0v) is 19.2. The molecule has 0 unspecified atom stereocenters. The third kappa shape index (κ3) is 4.67. The van der Waals surface area contributed by atoms with Crippen molar-refractivity contribution in [3.8, 4) is 0 Å². The monoisotopic (exact) mass is 468 g/mol. The molecule has 1 aromatic carbocycles. The largest absolute Gasteiger partial charge is 0.352 e. The molecule has 1 fully saturated rings. The third-order valence-electron chi connectivity index (χ3n) is 5.81. The van der Waals surface area contributed by atoms with Gasteiger partial charge in [0.05, 0.1) is 17.8 Å². The number of rotatable bonds is 7. The Morgan fingerprint density at radius 2 is 1.85 bits per heavy atom. The van der Waals surface area contributed by atoms with Gasteiger partial charge >= 0.3 is 0 Å². The molecule has 170 valence electrons. The number of hydrogen-bond acceptors (Lipinski definition) is 4. The standard InChI is InChI=1S/C26H24N6OS/c33-23(29-20-9-2-1-3-10-20)18-32-25(24(30-26(32)34)21-11-4-5-14-28-21)22-12-7-15-31(22)17-19-8-6-13-27-16-19/h1-16,24-25H,17-18H2,(H,29,33)(H,30,34)/t24-,25-/m1/s1.